The van der Waals surface area contributed by atoms with Crippen molar-refractivity contribution in [3.63, 3.8) is 0 Å². The van der Waals surface area contributed by atoms with Crippen LogP contribution in [0.1, 0.15) is 142 Å². The number of allylic oxidation sites excluding steroid dienone is 9. The number of hydrogen-bond acceptors (Lipinski definition) is 5. The van der Waals surface area contributed by atoms with Crippen LogP contribution in [0.25, 0.3) is 0 Å². The molecule has 0 aromatic carbocycles. The Bertz CT molecular complexity index is 891. The highest BCUT2D eigenvalue weighted by Crippen LogP contribution is 2.14. The maximum Gasteiger partial charge on any atom is 0.326 e. The zero-order valence-electron chi connectivity index (χ0n) is 28.4. The molecule has 4 N–H and O–H groups in total. The van der Waals surface area contributed by atoms with Crippen LogP contribution in [0, 0.1) is 0 Å². The van der Waals surface area contributed by atoms with Crippen LogP contribution in [0.15, 0.2) is 60.8 Å². The predicted molar refractivity (Wildman–Crippen MR) is 188 cm³/mol. The van der Waals surface area contributed by atoms with Crippen molar-refractivity contribution in [2.75, 3.05) is 6.54 Å². The summed E-state index contributed by atoms with van der Waals surface area (Å²) >= 11 is 0. The highest BCUT2D eigenvalue weighted by molar-refractivity contribution is 5.83. The number of unbranched alkanes of at least 4 members (excludes halogenated alkanes) is 8. The SMILES string of the molecule is CC/C=C\C/C=C\C/C=C\C/C=C\CCCCC(=O)OC(/C=C\CCCCC)CCCCCCC(=O)NC(CCCN)C(=O)O. The molecule has 0 fully saturated rings. The molecule has 0 aliphatic rings. The van der Waals surface area contributed by atoms with Gasteiger partial charge in [0.25, 0.3) is 0 Å². The van der Waals surface area contributed by atoms with Crippen molar-refractivity contribution < 1.29 is 24.2 Å². The molecule has 256 valence electrons. The molecule has 0 heterocycles. The van der Waals surface area contributed by atoms with E-state index in [1.165, 1.54) is 12.8 Å². The second-order valence-corrected chi connectivity index (χ2v) is 11.5. The summed E-state index contributed by atoms with van der Waals surface area (Å²) in [7, 11) is 0. The van der Waals surface area contributed by atoms with Gasteiger partial charge in [0.2, 0.25) is 5.91 Å². The van der Waals surface area contributed by atoms with Gasteiger partial charge in [-0.2, -0.15) is 0 Å². The van der Waals surface area contributed by atoms with Gasteiger partial charge in [0.1, 0.15) is 12.1 Å². The summed E-state index contributed by atoms with van der Waals surface area (Å²) in [4.78, 5) is 36.0. The molecule has 7 heteroatoms. The Balaban J connectivity index is 4.29. The number of rotatable bonds is 30. The maximum absolute atomic E-state index is 12.5. The number of ether oxygens (including phenoxy) is 1. The van der Waals surface area contributed by atoms with E-state index in [1.807, 2.05) is 6.08 Å². The number of amides is 1. The fourth-order valence-electron chi connectivity index (χ4n) is 4.64. The molecule has 0 spiro atoms. The van der Waals surface area contributed by atoms with Crippen LogP contribution in [0.5, 0.6) is 0 Å². The third kappa shape index (κ3) is 29.5. The van der Waals surface area contributed by atoms with Crippen molar-refractivity contribution in [1.82, 2.24) is 5.32 Å². The number of nitrogens with two attached hydrogens (primary N) is 1. The lowest BCUT2D eigenvalue weighted by atomic mass is 10.1. The third-order valence-corrected chi connectivity index (χ3v) is 7.30. The molecule has 0 aliphatic heterocycles. The van der Waals surface area contributed by atoms with Crippen molar-refractivity contribution in [1.29, 1.82) is 0 Å². The minimum absolute atomic E-state index is 0.136. The van der Waals surface area contributed by atoms with Gasteiger partial charge < -0.3 is 20.9 Å². The summed E-state index contributed by atoms with van der Waals surface area (Å²) in [5, 5.41) is 11.9. The number of carboxylic acids is 1. The van der Waals surface area contributed by atoms with Crippen LogP contribution in [0.2, 0.25) is 0 Å². The topological polar surface area (TPSA) is 119 Å². The van der Waals surface area contributed by atoms with Crippen LogP contribution in [-0.4, -0.2) is 41.6 Å². The van der Waals surface area contributed by atoms with Crippen molar-refractivity contribution in [2.45, 2.75) is 154 Å². The molecule has 0 bridgehead atoms. The van der Waals surface area contributed by atoms with Crippen molar-refractivity contribution in [3.05, 3.63) is 60.8 Å². The number of esters is 1. The highest BCUT2D eigenvalue weighted by atomic mass is 16.5. The number of carbonyl (C=O) groups excluding carboxylic acids is 2. The minimum Gasteiger partial charge on any atom is -0.480 e. The van der Waals surface area contributed by atoms with Crippen LogP contribution in [0.4, 0.5) is 0 Å². The molecule has 1 amide bonds. The molecule has 0 radical (unpaired) electrons. The number of carboxylic acid groups (broad SMARTS) is 1. The average molecular weight is 629 g/mol. The second kappa shape index (κ2) is 32.5. The van der Waals surface area contributed by atoms with E-state index < -0.39 is 12.0 Å². The summed E-state index contributed by atoms with van der Waals surface area (Å²) in [6.45, 7) is 4.73. The smallest absolute Gasteiger partial charge is 0.326 e. The molecule has 0 saturated carbocycles. The summed E-state index contributed by atoms with van der Waals surface area (Å²) in [5.41, 5.74) is 5.45. The molecule has 2 unspecified atom stereocenters. The zero-order chi connectivity index (χ0) is 33.2. The molecule has 45 heavy (non-hydrogen) atoms. The van der Waals surface area contributed by atoms with E-state index in [9.17, 15) is 19.5 Å². The van der Waals surface area contributed by atoms with Gasteiger partial charge >= 0.3 is 11.9 Å². The van der Waals surface area contributed by atoms with Crippen molar-refractivity contribution in [3.8, 4) is 0 Å². The van der Waals surface area contributed by atoms with Gasteiger partial charge in [0.15, 0.2) is 0 Å². The molecule has 7 nitrogen and oxygen atoms in total. The Morgan fingerprint density at radius 1 is 0.689 bits per heavy atom. The van der Waals surface area contributed by atoms with E-state index in [1.54, 1.807) is 0 Å². The predicted octanol–water partition coefficient (Wildman–Crippen LogP) is 9.05. The van der Waals surface area contributed by atoms with E-state index in [-0.39, 0.29) is 18.0 Å². The lowest BCUT2D eigenvalue weighted by molar-refractivity contribution is -0.147. The summed E-state index contributed by atoms with van der Waals surface area (Å²) < 4.78 is 5.83. The molecule has 0 aromatic rings. The summed E-state index contributed by atoms with van der Waals surface area (Å²) in [6.07, 6.45) is 38.6. The largest absolute Gasteiger partial charge is 0.480 e. The number of hydrogen-bond donors (Lipinski definition) is 3. The monoisotopic (exact) mass is 628 g/mol. The standard InChI is InChI=1S/C38H64N2O5/c1-3-5-7-9-10-11-12-13-14-15-16-17-18-20-26-32-37(42)45-34(28-23-19-8-6-4-2)29-24-21-22-25-31-36(41)40-35(38(43)44)30-27-33-39/h5,7,10-11,13-14,16-17,23,28,34-35H,3-4,6,8-9,12,15,18-22,24-27,29-33,39H2,1-2H3,(H,40,41)(H,43,44)/b7-5-,11-10-,14-13-,17-16-,28-23-. The maximum atomic E-state index is 12.5. The molecular weight excluding hydrogens is 564 g/mol. The van der Waals surface area contributed by atoms with E-state index >= 15 is 0 Å². The molecule has 0 aromatic heterocycles. The first-order valence-corrected chi connectivity index (χ1v) is 17.6. The number of aliphatic carboxylic acids is 1. The lowest BCUT2D eigenvalue weighted by Gasteiger charge is -2.15. The van der Waals surface area contributed by atoms with E-state index in [2.05, 4.69) is 73.8 Å². The van der Waals surface area contributed by atoms with Gasteiger partial charge in [-0.05, 0) is 103 Å². The van der Waals surface area contributed by atoms with Crippen LogP contribution in [-0.2, 0) is 19.1 Å². The Morgan fingerprint density at radius 3 is 1.93 bits per heavy atom. The summed E-state index contributed by atoms with van der Waals surface area (Å²) in [5.74, 6) is -1.39. The van der Waals surface area contributed by atoms with Gasteiger partial charge in [-0.3, -0.25) is 9.59 Å². The van der Waals surface area contributed by atoms with E-state index in [0.29, 0.717) is 38.6 Å². The van der Waals surface area contributed by atoms with Crippen molar-refractivity contribution >= 4 is 17.8 Å². The molecule has 0 saturated heterocycles. The van der Waals surface area contributed by atoms with Gasteiger partial charge in [-0.25, -0.2) is 4.79 Å². The molecule has 0 aliphatic carbocycles. The Kier molecular flexibility index (Phi) is 30.3. The van der Waals surface area contributed by atoms with Crippen LogP contribution < -0.4 is 11.1 Å². The quantitative estimate of drug-likeness (QED) is 0.0415. The average Bonchev–Trinajstić information content (AvgIpc) is 3.02. The van der Waals surface area contributed by atoms with Gasteiger partial charge in [0.05, 0.1) is 0 Å². The molecule has 2 atom stereocenters. The fourth-order valence-corrected chi connectivity index (χ4v) is 4.64. The first-order valence-electron chi connectivity index (χ1n) is 17.6. The van der Waals surface area contributed by atoms with Crippen LogP contribution in [0.3, 0.4) is 0 Å². The Morgan fingerprint density at radius 2 is 1.29 bits per heavy atom. The highest BCUT2D eigenvalue weighted by Gasteiger charge is 2.18. The molecule has 0 rings (SSSR count). The zero-order valence-corrected chi connectivity index (χ0v) is 28.4. The number of nitrogens with one attached hydrogen (secondary N) is 1. The second-order valence-electron chi connectivity index (χ2n) is 11.5. The molecular formula is C38H64N2O5. The third-order valence-electron chi connectivity index (χ3n) is 7.30. The van der Waals surface area contributed by atoms with Crippen LogP contribution >= 0.6 is 0 Å². The Hall–Kier alpha value is -2.93. The fraction of sp³-hybridized carbons (Fsp3) is 0.658. The van der Waals surface area contributed by atoms with Gasteiger partial charge in [0, 0.05) is 12.8 Å². The van der Waals surface area contributed by atoms with E-state index in [0.717, 1.165) is 83.5 Å². The normalized spacial score (nSPS) is 13.5. The Labute approximate surface area is 274 Å². The minimum atomic E-state index is -1.02. The number of carbonyl (C=O) groups is 3. The lowest BCUT2D eigenvalue weighted by Crippen LogP contribution is -2.40. The van der Waals surface area contributed by atoms with E-state index in [4.69, 9.17) is 10.5 Å². The van der Waals surface area contributed by atoms with Gasteiger partial charge in [-0.1, -0.05) is 94.2 Å². The summed E-state index contributed by atoms with van der Waals surface area (Å²) in [6, 6.07) is -0.875. The first kappa shape index (κ1) is 42.1. The first-order chi connectivity index (χ1) is 21.9. The van der Waals surface area contributed by atoms with Crippen molar-refractivity contribution in [2.24, 2.45) is 5.73 Å². The van der Waals surface area contributed by atoms with Gasteiger partial charge in [-0.15, -0.1) is 0 Å².